The lowest BCUT2D eigenvalue weighted by Gasteiger charge is -2.39. The van der Waals surface area contributed by atoms with Crippen molar-refractivity contribution in [3.8, 4) is 0 Å². The number of nitrogens with zero attached hydrogens (tertiary/aromatic N) is 4. The van der Waals surface area contributed by atoms with Crippen LogP contribution in [-0.2, 0) is 26.3 Å². The van der Waals surface area contributed by atoms with Crippen LogP contribution in [0.25, 0.3) is 0 Å². The second kappa shape index (κ2) is 7.02. The average Bonchev–Trinajstić information content (AvgIpc) is 2.98. The molecule has 2 atom stereocenters. The molecule has 2 unspecified atom stereocenters. The van der Waals surface area contributed by atoms with Crippen molar-refractivity contribution < 1.29 is 17.9 Å². The number of carbonyl (C=O) groups excluding carboxylic acids is 1. The summed E-state index contributed by atoms with van der Waals surface area (Å²) in [6, 6.07) is -1.18. The molecule has 25 heavy (non-hydrogen) atoms. The van der Waals surface area contributed by atoms with Gasteiger partial charge in [0.2, 0.25) is 5.91 Å². The maximum Gasteiger partial charge on any atom is 0.280 e. The van der Waals surface area contributed by atoms with Gasteiger partial charge in [-0.2, -0.15) is 22.5 Å². The molecule has 1 aromatic heterocycles. The van der Waals surface area contributed by atoms with Crippen LogP contribution in [0.2, 0.25) is 0 Å². The van der Waals surface area contributed by atoms with E-state index in [2.05, 4.69) is 9.82 Å². The number of likely N-dealkylation sites (N-methyl/N-ethyl adjacent to an activating group) is 1. The third kappa shape index (κ3) is 3.57. The second-order valence-corrected chi connectivity index (χ2v) is 8.17. The molecular formula is C15H25N5O4S. The Balaban J connectivity index is 1.87. The van der Waals surface area contributed by atoms with Crippen molar-refractivity contribution in [2.24, 2.45) is 0 Å². The largest absolute Gasteiger partial charge is 0.378 e. The molecule has 1 aromatic rings. The molecule has 3 heterocycles. The number of carbonyl (C=O) groups is 1. The Morgan fingerprint density at radius 3 is 2.68 bits per heavy atom. The van der Waals surface area contributed by atoms with E-state index in [4.69, 9.17) is 4.74 Å². The lowest BCUT2D eigenvalue weighted by atomic mass is 9.99. The molecule has 3 rings (SSSR count). The van der Waals surface area contributed by atoms with Crippen LogP contribution in [-0.4, -0.2) is 72.7 Å². The van der Waals surface area contributed by atoms with Crippen molar-refractivity contribution in [2.45, 2.75) is 38.9 Å². The molecule has 1 amide bonds. The van der Waals surface area contributed by atoms with Gasteiger partial charge in [0.05, 0.1) is 24.9 Å². The van der Waals surface area contributed by atoms with Crippen LogP contribution in [0.5, 0.6) is 0 Å². The SMILES string of the molecule is CCn1cc(C2CC(C(=O)N3CCOCC3)N(C)S(=O)(=O)N2)c(C)n1. The van der Waals surface area contributed by atoms with Gasteiger partial charge in [-0.3, -0.25) is 9.48 Å². The molecular weight excluding hydrogens is 346 g/mol. The molecule has 0 saturated carbocycles. The minimum absolute atomic E-state index is 0.165. The molecule has 2 saturated heterocycles. The highest BCUT2D eigenvalue weighted by atomic mass is 32.2. The van der Waals surface area contributed by atoms with Crippen LogP contribution in [0, 0.1) is 6.92 Å². The number of ether oxygens (including phenoxy) is 1. The Morgan fingerprint density at radius 1 is 1.40 bits per heavy atom. The summed E-state index contributed by atoms with van der Waals surface area (Å²) in [5, 5.41) is 4.39. The third-order valence-electron chi connectivity index (χ3n) is 4.86. The summed E-state index contributed by atoms with van der Waals surface area (Å²) < 4.78 is 36.0. The fraction of sp³-hybridized carbons (Fsp3) is 0.733. The first-order chi connectivity index (χ1) is 11.8. The van der Waals surface area contributed by atoms with Crippen LogP contribution >= 0.6 is 0 Å². The van der Waals surface area contributed by atoms with Crippen molar-refractivity contribution in [3.05, 3.63) is 17.5 Å². The summed E-state index contributed by atoms with van der Waals surface area (Å²) in [6.45, 7) is 6.49. The molecule has 2 aliphatic heterocycles. The second-order valence-electron chi connectivity index (χ2n) is 6.41. The van der Waals surface area contributed by atoms with Gasteiger partial charge in [0.15, 0.2) is 0 Å². The summed E-state index contributed by atoms with van der Waals surface area (Å²) in [5.74, 6) is -0.165. The van der Waals surface area contributed by atoms with Gasteiger partial charge in [-0.15, -0.1) is 0 Å². The van der Waals surface area contributed by atoms with E-state index in [1.807, 2.05) is 20.0 Å². The van der Waals surface area contributed by atoms with Crippen LogP contribution in [0.4, 0.5) is 0 Å². The Bertz CT molecular complexity index is 741. The van der Waals surface area contributed by atoms with Crippen LogP contribution in [0.1, 0.15) is 30.6 Å². The Hall–Kier alpha value is -1.49. The van der Waals surface area contributed by atoms with Crippen molar-refractivity contribution in [3.63, 3.8) is 0 Å². The molecule has 0 radical (unpaired) electrons. The van der Waals surface area contributed by atoms with E-state index in [9.17, 15) is 13.2 Å². The molecule has 0 spiro atoms. The van der Waals surface area contributed by atoms with Crippen molar-refractivity contribution >= 4 is 16.1 Å². The molecule has 2 aliphatic rings. The standard InChI is InChI=1S/C15H25N5O4S/c1-4-20-10-12(11(2)16-20)13-9-14(18(3)25(22,23)17-13)15(21)19-5-7-24-8-6-19/h10,13-14,17H,4-9H2,1-3H3. The fourth-order valence-electron chi connectivity index (χ4n) is 3.33. The number of aromatic nitrogens is 2. The van der Waals surface area contributed by atoms with Crippen LogP contribution in [0.3, 0.4) is 0 Å². The minimum Gasteiger partial charge on any atom is -0.378 e. The summed E-state index contributed by atoms with van der Waals surface area (Å²) >= 11 is 0. The number of amides is 1. The molecule has 9 nitrogen and oxygen atoms in total. The highest BCUT2D eigenvalue weighted by molar-refractivity contribution is 7.87. The Morgan fingerprint density at radius 2 is 2.08 bits per heavy atom. The van der Waals surface area contributed by atoms with Gasteiger partial charge >= 0.3 is 0 Å². The van der Waals surface area contributed by atoms with Gasteiger partial charge in [0, 0.05) is 38.4 Å². The summed E-state index contributed by atoms with van der Waals surface area (Å²) in [6.07, 6.45) is 2.23. The highest BCUT2D eigenvalue weighted by Crippen LogP contribution is 2.30. The topological polar surface area (TPSA) is 96.8 Å². The molecule has 0 aliphatic carbocycles. The van der Waals surface area contributed by atoms with Crippen molar-refractivity contribution in [1.29, 1.82) is 0 Å². The number of hydrogen-bond acceptors (Lipinski definition) is 5. The van der Waals surface area contributed by atoms with E-state index in [0.29, 0.717) is 39.3 Å². The zero-order valence-corrected chi connectivity index (χ0v) is 15.6. The van der Waals surface area contributed by atoms with E-state index >= 15 is 0 Å². The highest BCUT2D eigenvalue weighted by Gasteiger charge is 2.43. The summed E-state index contributed by atoms with van der Waals surface area (Å²) in [4.78, 5) is 14.6. The quantitative estimate of drug-likeness (QED) is 0.783. The smallest absolute Gasteiger partial charge is 0.280 e. The lowest BCUT2D eigenvalue weighted by Crippen LogP contribution is -2.59. The Kier molecular flexibility index (Phi) is 5.14. The molecule has 10 heteroatoms. The first kappa shape index (κ1) is 18.3. The normalized spacial score (nSPS) is 27.4. The van der Waals surface area contributed by atoms with Crippen molar-refractivity contribution in [2.75, 3.05) is 33.4 Å². The van der Waals surface area contributed by atoms with Gasteiger partial charge < -0.3 is 9.64 Å². The van der Waals surface area contributed by atoms with Gasteiger partial charge in [0.25, 0.3) is 10.2 Å². The van der Waals surface area contributed by atoms with Crippen LogP contribution in [0.15, 0.2) is 6.20 Å². The van der Waals surface area contributed by atoms with E-state index < -0.39 is 22.3 Å². The Labute approximate surface area is 148 Å². The van der Waals surface area contributed by atoms with Crippen molar-refractivity contribution in [1.82, 2.24) is 23.7 Å². The fourth-order valence-corrected chi connectivity index (χ4v) is 4.59. The zero-order chi connectivity index (χ0) is 18.2. The molecule has 1 N–H and O–H groups in total. The number of aryl methyl sites for hydroxylation is 2. The third-order valence-corrected chi connectivity index (χ3v) is 6.45. The predicted molar refractivity (Wildman–Crippen MR) is 91.0 cm³/mol. The zero-order valence-electron chi connectivity index (χ0n) is 14.8. The maximum absolute atomic E-state index is 12.9. The first-order valence-corrected chi connectivity index (χ1v) is 9.93. The van der Waals surface area contributed by atoms with Gasteiger partial charge in [-0.25, -0.2) is 0 Å². The van der Waals surface area contributed by atoms with E-state index in [-0.39, 0.29) is 5.91 Å². The summed E-state index contributed by atoms with van der Waals surface area (Å²) in [7, 11) is -2.29. The molecule has 0 bridgehead atoms. The predicted octanol–water partition coefficient (Wildman–Crippen LogP) is -0.350. The minimum atomic E-state index is -3.74. The van der Waals surface area contributed by atoms with Gasteiger partial charge in [-0.1, -0.05) is 0 Å². The molecule has 0 aromatic carbocycles. The maximum atomic E-state index is 12.9. The average molecular weight is 371 g/mol. The van der Waals surface area contributed by atoms with Crippen LogP contribution < -0.4 is 4.72 Å². The summed E-state index contributed by atoms with van der Waals surface area (Å²) in [5.41, 5.74) is 1.59. The number of nitrogens with one attached hydrogen (secondary N) is 1. The van der Waals surface area contributed by atoms with Gasteiger partial charge in [0.1, 0.15) is 6.04 Å². The van der Waals surface area contributed by atoms with E-state index in [1.165, 1.54) is 7.05 Å². The first-order valence-electron chi connectivity index (χ1n) is 8.49. The number of hydrogen-bond donors (Lipinski definition) is 1. The van der Waals surface area contributed by atoms with Gasteiger partial charge in [-0.05, 0) is 20.3 Å². The lowest BCUT2D eigenvalue weighted by molar-refractivity contribution is -0.139. The molecule has 2 fully saturated rings. The number of morpholine rings is 1. The molecule has 140 valence electrons. The number of rotatable bonds is 3. The monoisotopic (exact) mass is 371 g/mol. The van der Waals surface area contributed by atoms with E-state index in [1.54, 1.807) is 9.58 Å². The van der Waals surface area contributed by atoms with E-state index in [0.717, 1.165) is 15.6 Å².